The monoisotopic (exact) mass is 354 g/mol. The summed E-state index contributed by atoms with van der Waals surface area (Å²) >= 11 is 6.61. The van der Waals surface area contributed by atoms with E-state index in [2.05, 4.69) is 5.32 Å². The third-order valence-corrected chi connectivity index (χ3v) is 4.67. The number of carbonyl (C=O) groups excluding carboxylic acids is 2. The number of rotatable bonds is 3. The summed E-state index contributed by atoms with van der Waals surface area (Å²) in [6.07, 6.45) is 1.76. The lowest BCUT2D eigenvalue weighted by Crippen LogP contribution is -2.27. The van der Waals surface area contributed by atoms with Crippen molar-refractivity contribution in [3.05, 3.63) is 65.1 Å². The minimum absolute atomic E-state index is 0.158. The van der Waals surface area contributed by atoms with Gasteiger partial charge < -0.3 is 5.32 Å². The number of amides is 2. The molecule has 0 atom stereocenters. The lowest BCUT2D eigenvalue weighted by molar-refractivity contribution is -0.114. The smallest absolute Gasteiger partial charge is 0.270 e. The van der Waals surface area contributed by atoms with Crippen LogP contribution in [0.1, 0.15) is 12.5 Å². The standard InChI is InChI=1S/C18H14N2O2S2/c1-12(21)19-15-10-6-5-7-13(15)11-16-17(22)20(18(23)24-16)14-8-3-2-4-9-14/h2-11H,1H3,(H,19,21). The molecule has 120 valence electrons. The van der Waals surface area contributed by atoms with Crippen molar-refractivity contribution in [1.82, 2.24) is 0 Å². The Bertz CT molecular complexity index is 847. The fourth-order valence-corrected chi connectivity index (χ4v) is 3.62. The second kappa shape index (κ2) is 6.98. The molecule has 4 nitrogen and oxygen atoms in total. The minimum atomic E-state index is -0.160. The number of thiocarbonyl (C=S) groups is 1. The maximum atomic E-state index is 12.7. The quantitative estimate of drug-likeness (QED) is 0.667. The van der Waals surface area contributed by atoms with Gasteiger partial charge in [-0.2, -0.15) is 0 Å². The summed E-state index contributed by atoms with van der Waals surface area (Å²) in [4.78, 5) is 26.1. The Morgan fingerprint density at radius 1 is 1.12 bits per heavy atom. The molecule has 3 rings (SSSR count). The Balaban J connectivity index is 1.94. The van der Waals surface area contributed by atoms with Gasteiger partial charge in [-0.1, -0.05) is 60.4 Å². The second-order valence-corrected chi connectivity index (χ2v) is 6.80. The number of thioether (sulfide) groups is 1. The van der Waals surface area contributed by atoms with Crippen molar-refractivity contribution in [2.45, 2.75) is 6.92 Å². The number of carbonyl (C=O) groups is 2. The number of nitrogens with zero attached hydrogens (tertiary/aromatic N) is 1. The van der Waals surface area contributed by atoms with Crippen LogP contribution in [0, 0.1) is 0 Å². The van der Waals surface area contributed by atoms with E-state index in [0.717, 1.165) is 11.3 Å². The predicted molar refractivity (Wildman–Crippen MR) is 103 cm³/mol. The average molecular weight is 354 g/mol. The van der Waals surface area contributed by atoms with Gasteiger partial charge in [0.2, 0.25) is 5.91 Å². The van der Waals surface area contributed by atoms with E-state index in [1.165, 1.54) is 23.6 Å². The van der Waals surface area contributed by atoms with E-state index in [4.69, 9.17) is 12.2 Å². The van der Waals surface area contributed by atoms with Crippen LogP contribution in [0.2, 0.25) is 0 Å². The van der Waals surface area contributed by atoms with Gasteiger partial charge in [-0.3, -0.25) is 14.5 Å². The van der Waals surface area contributed by atoms with Gasteiger partial charge in [0.25, 0.3) is 5.91 Å². The van der Waals surface area contributed by atoms with E-state index >= 15 is 0 Å². The summed E-state index contributed by atoms with van der Waals surface area (Å²) in [6, 6.07) is 16.6. The summed E-state index contributed by atoms with van der Waals surface area (Å²) in [5.41, 5.74) is 2.18. The maximum absolute atomic E-state index is 12.7. The summed E-state index contributed by atoms with van der Waals surface area (Å²) in [5.74, 6) is -0.318. The first-order valence-electron chi connectivity index (χ1n) is 7.26. The summed E-state index contributed by atoms with van der Waals surface area (Å²) in [5, 5.41) is 2.77. The molecule has 1 aliphatic rings. The molecule has 2 aromatic carbocycles. The molecule has 2 aromatic rings. The summed E-state index contributed by atoms with van der Waals surface area (Å²) < 4.78 is 0.495. The van der Waals surface area contributed by atoms with Crippen LogP contribution in [-0.2, 0) is 9.59 Å². The maximum Gasteiger partial charge on any atom is 0.270 e. The number of anilines is 2. The van der Waals surface area contributed by atoms with E-state index in [1.54, 1.807) is 12.1 Å². The van der Waals surface area contributed by atoms with Crippen LogP contribution >= 0.6 is 24.0 Å². The van der Waals surface area contributed by atoms with Gasteiger partial charge >= 0.3 is 0 Å². The molecule has 1 fully saturated rings. The van der Waals surface area contributed by atoms with Gasteiger partial charge in [-0.05, 0) is 29.8 Å². The molecule has 0 radical (unpaired) electrons. The predicted octanol–water partition coefficient (Wildman–Crippen LogP) is 4.05. The first-order valence-corrected chi connectivity index (χ1v) is 8.48. The highest BCUT2D eigenvalue weighted by Crippen LogP contribution is 2.36. The van der Waals surface area contributed by atoms with E-state index in [9.17, 15) is 9.59 Å². The highest BCUT2D eigenvalue weighted by atomic mass is 32.2. The van der Waals surface area contributed by atoms with Crippen molar-refractivity contribution in [2.75, 3.05) is 10.2 Å². The number of hydrogen-bond donors (Lipinski definition) is 1. The van der Waals surface area contributed by atoms with Crippen LogP contribution in [0.5, 0.6) is 0 Å². The third-order valence-electron chi connectivity index (χ3n) is 3.37. The zero-order valence-corrected chi connectivity index (χ0v) is 14.5. The number of nitrogens with one attached hydrogen (secondary N) is 1. The minimum Gasteiger partial charge on any atom is -0.326 e. The van der Waals surface area contributed by atoms with Crippen molar-refractivity contribution in [2.24, 2.45) is 0 Å². The van der Waals surface area contributed by atoms with E-state index in [-0.39, 0.29) is 11.8 Å². The molecule has 1 saturated heterocycles. The largest absolute Gasteiger partial charge is 0.326 e. The molecule has 24 heavy (non-hydrogen) atoms. The van der Waals surface area contributed by atoms with Gasteiger partial charge in [-0.25, -0.2) is 0 Å². The first-order chi connectivity index (χ1) is 11.6. The van der Waals surface area contributed by atoms with E-state index < -0.39 is 0 Å². The molecule has 0 spiro atoms. The molecule has 2 amide bonds. The van der Waals surface area contributed by atoms with Gasteiger partial charge in [-0.15, -0.1) is 0 Å². The van der Waals surface area contributed by atoms with E-state index in [1.807, 2.05) is 48.5 Å². The summed E-state index contributed by atoms with van der Waals surface area (Å²) in [6.45, 7) is 1.45. The molecule has 1 aliphatic heterocycles. The fourth-order valence-electron chi connectivity index (χ4n) is 2.33. The lowest BCUT2D eigenvalue weighted by atomic mass is 10.1. The zero-order chi connectivity index (χ0) is 17.1. The van der Waals surface area contributed by atoms with Crippen molar-refractivity contribution in [3.8, 4) is 0 Å². The lowest BCUT2D eigenvalue weighted by Gasteiger charge is -2.13. The molecule has 1 N–H and O–H groups in total. The Kier molecular flexibility index (Phi) is 4.78. The zero-order valence-electron chi connectivity index (χ0n) is 12.9. The van der Waals surface area contributed by atoms with Gasteiger partial charge in [0.05, 0.1) is 10.6 Å². The van der Waals surface area contributed by atoms with Crippen LogP contribution in [0.4, 0.5) is 11.4 Å². The van der Waals surface area contributed by atoms with Gasteiger partial charge in [0.1, 0.15) is 0 Å². The first kappa shape index (κ1) is 16.4. The average Bonchev–Trinajstić information content (AvgIpc) is 2.83. The Morgan fingerprint density at radius 2 is 1.79 bits per heavy atom. The van der Waals surface area contributed by atoms with Crippen LogP contribution in [-0.4, -0.2) is 16.1 Å². The molecule has 0 bridgehead atoms. The van der Waals surface area contributed by atoms with Gasteiger partial charge in [0.15, 0.2) is 4.32 Å². The number of para-hydroxylation sites is 2. The number of hydrogen-bond acceptors (Lipinski definition) is 4. The van der Waals surface area contributed by atoms with Gasteiger partial charge in [0, 0.05) is 12.6 Å². The molecule has 0 aliphatic carbocycles. The molecule has 0 aromatic heterocycles. The van der Waals surface area contributed by atoms with Crippen LogP contribution in [0.15, 0.2) is 59.5 Å². The highest BCUT2D eigenvalue weighted by molar-refractivity contribution is 8.27. The van der Waals surface area contributed by atoms with E-state index in [0.29, 0.717) is 14.9 Å². The molecular formula is C18H14N2O2S2. The van der Waals surface area contributed by atoms with Crippen molar-refractivity contribution < 1.29 is 9.59 Å². The molecular weight excluding hydrogens is 340 g/mol. The van der Waals surface area contributed by atoms with Crippen molar-refractivity contribution in [3.63, 3.8) is 0 Å². The Labute approximate surface area is 149 Å². The molecule has 1 heterocycles. The van der Waals surface area contributed by atoms with Crippen LogP contribution < -0.4 is 10.2 Å². The van der Waals surface area contributed by atoms with Crippen LogP contribution in [0.25, 0.3) is 6.08 Å². The molecule has 0 saturated carbocycles. The Hall–Kier alpha value is -2.44. The summed E-state index contributed by atoms with van der Waals surface area (Å²) in [7, 11) is 0. The number of benzene rings is 2. The third kappa shape index (κ3) is 3.39. The normalized spacial score (nSPS) is 15.9. The second-order valence-electron chi connectivity index (χ2n) is 5.12. The van der Waals surface area contributed by atoms with Crippen LogP contribution in [0.3, 0.4) is 0 Å². The fraction of sp³-hybridized carbons (Fsp3) is 0.0556. The topological polar surface area (TPSA) is 49.4 Å². The Morgan fingerprint density at radius 3 is 2.50 bits per heavy atom. The molecule has 0 unspecified atom stereocenters. The van der Waals surface area contributed by atoms with Crippen molar-refractivity contribution in [1.29, 1.82) is 0 Å². The SMILES string of the molecule is CC(=O)Nc1ccccc1C=C1SC(=S)N(c2ccccc2)C1=O. The molecule has 6 heteroatoms. The van der Waals surface area contributed by atoms with Crippen molar-refractivity contribution >= 4 is 57.6 Å². The highest BCUT2D eigenvalue weighted by Gasteiger charge is 2.33.